The van der Waals surface area contributed by atoms with Crippen molar-refractivity contribution in [2.24, 2.45) is 11.5 Å². The van der Waals surface area contributed by atoms with E-state index < -0.39 is 0 Å². The Labute approximate surface area is 115 Å². The Hall–Kier alpha value is 1.61. The highest BCUT2D eigenvalue weighted by Crippen LogP contribution is 2.24. The van der Waals surface area contributed by atoms with E-state index in [9.17, 15) is 0 Å². The molecule has 0 saturated carbocycles. The summed E-state index contributed by atoms with van der Waals surface area (Å²) in [7, 11) is 7.67. The van der Waals surface area contributed by atoms with Crippen LogP contribution in [-0.2, 0) is 0 Å². The van der Waals surface area contributed by atoms with E-state index in [4.69, 9.17) is 11.5 Å². The second kappa shape index (κ2) is 18.0. The van der Waals surface area contributed by atoms with E-state index in [1.807, 2.05) is 43.2 Å². The van der Waals surface area contributed by atoms with Gasteiger partial charge in [-0.2, -0.15) is 0 Å². The first kappa shape index (κ1) is 19.0. The van der Waals surface area contributed by atoms with E-state index in [-0.39, 0.29) is 12.4 Å². The lowest BCUT2D eigenvalue weighted by atomic mass is 10.4. The topological polar surface area (TPSA) is 52.0 Å². The van der Waals surface area contributed by atoms with Gasteiger partial charge in [-0.1, -0.05) is 43.2 Å². The molecule has 15 heavy (non-hydrogen) atoms. The van der Waals surface area contributed by atoms with Gasteiger partial charge >= 0.3 is 0 Å². The summed E-state index contributed by atoms with van der Waals surface area (Å²) in [6.45, 7) is 1.59. The summed E-state index contributed by atoms with van der Waals surface area (Å²) in [6.07, 6.45) is 2.64. The summed E-state index contributed by atoms with van der Waals surface area (Å²) in [4.78, 5) is 0. The van der Waals surface area contributed by atoms with Gasteiger partial charge in [-0.3, -0.25) is 0 Å². The van der Waals surface area contributed by atoms with Crippen molar-refractivity contribution in [3.8, 4) is 0 Å². The third-order valence-corrected chi connectivity index (χ3v) is 6.32. The average molecular weight is 309 g/mol. The fraction of sp³-hybridized carbons (Fsp3) is 1.00. The van der Waals surface area contributed by atoms with Crippen molar-refractivity contribution in [1.82, 2.24) is 0 Å². The molecule has 0 heterocycles. The van der Waals surface area contributed by atoms with Gasteiger partial charge in [-0.25, -0.2) is 0 Å². The van der Waals surface area contributed by atoms with Gasteiger partial charge in [-0.15, -0.1) is 12.4 Å². The third kappa shape index (κ3) is 18.2. The Balaban J connectivity index is 0. The normalized spacial score (nSPS) is 10.0. The maximum atomic E-state index is 5.39. The molecule has 0 aromatic heterocycles. The second-order valence-electron chi connectivity index (χ2n) is 2.57. The summed E-state index contributed by atoms with van der Waals surface area (Å²) in [6, 6.07) is 0. The van der Waals surface area contributed by atoms with Crippen LogP contribution in [0, 0.1) is 0 Å². The molecule has 0 spiro atoms. The number of halogens is 1. The van der Waals surface area contributed by atoms with Crippen LogP contribution in [0.15, 0.2) is 0 Å². The van der Waals surface area contributed by atoms with Crippen molar-refractivity contribution in [2.45, 2.75) is 12.8 Å². The highest BCUT2D eigenvalue weighted by molar-refractivity contribution is 8.77. The lowest BCUT2D eigenvalue weighted by molar-refractivity contribution is 0.911. The Morgan fingerprint density at radius 3 is 1.27 bits per heavy atom. The van der Waals surface area contributed by atoms with Gasteiger partial charge < -0.3 is 11.5 Å². The fourth-order valence-electron chi connectivity index (χ4n) is 0.654. The van der Waals surface area contributed by atoms with Crippen LogP contribution in [0.5, 0.6) is 0 Å². The van der Waals surface area contributed by atoms with E-state index >= 15 is 0 Å². The minimum Gasteiger partial charge on any atom is -0.330 e. The molecule has 0 aliphatic rings. The first-order chi connectivity index (χ1) is 6.91. The zero-order valence-corrected chi connectivity index (χ0v) is 12.9. The van der Waals surface area contributed by atoms with Crippen LogP contribution >= 0.6 is 55.6 Å². The summed E-state index contributed by atoms with van der Waals surface area (Å²) >= 11 is 0. The van der Waals surface area contributed by atoms with Crippen molar-refractivity contribution in [3.05, 3.63) is 0 Å². The molecular weight excluding hydrogens is 288 g/mol. The molecule has 94 valence electrons. The second-order valence-corrected chi connectivity index (χ2v) is 7.98. The molecule has 0 amide bonds. The maximum Gasteiger partial charge on any atom is 0.0160 e. The highest BCUT2D eigenvalue weighted by atomic mass is 35.5. The predicted octanol–water partition coefficient (Wildman–Crippen LogP) is 2.87. The van der Waals surface area contributed by atoms with E-state index in [0.29, 0.717) is 0 Å². The van der Waals surface area contributed by atoms with Crippen molar-refractivity contribution in [3.63, 3.8) is 0 Å². The van der Waals surface area contributed by atoms with Crippen LogP contribution < -0.4 is 11.5 Å². The van der Waals surface area contributed by atoms with Crippen LogP contribution in [0.3, 0.4) is 0 Å². The maximum absolute atomic E-state index is 5.39. The highest BCUT2D eigenvalue weighted by Gasteiger charge is 1.92. The lowest BCUT2D eigenvalue weighted by Gasteiger charge is -2.00. The van der Waals surface area contributed by atoms with Crippen LogP contribution in [0.1, 0.15) is 12.8 Å². The van der Waals surface area contributed by atoms with Crippen molar-refractivity contribution >= 4 is 55.6 Å². The quantitative estimate of drug-likeness (QED) is 0.452. The van der Waals surface area contributed by atoms with Crippen molar-refractivity contribution in [1.29, 1.82) is 0 Å². The van der Waals surface area contributed by atoms with Crippen LogP contribution in [0.4, 0.5) is 0 Å². The summed E-state index contributed by atoms with van der Waals surface area (Å²) in [5.41, 5.74) is 10.8. The molecule has 0 saturated heterocycles. The molecule has 4 N–H and O–H groups in total. The van der Waals surface area contributed by atoms with Gasteiger partial charge in [0.05, 0.1) is 0 Å². The number of hydrogen-bond donors (Lipinski definition) is 2. The van der Waals surface area contributed by atoms with E-state index in [1.54, 1.807) is 0 Å². The van der Waals surface area contributed by atoms with E-state index in [0.717, 1.165) is 24.6 Å². The largest absolute Gasteiger partial charge is 0.330 e. The first-order valence-electron chi connectivity index (χ1n) is 4.80. The number of nitrogens with two attached hydrogens (primary N) is 2. The van der Waals surface area contributed by atoms with Gasteiger partial charge in [0.25, 0.3) is 0 Å². The Morgan fingerprint density at radius 2 is 0.933 bits per heavy atom. The molecule has 0 rings (SSSR count). The minimum absolute atomic E-state index is 0. The molecule has 7 heteroatoms. The SMILES string of the molecule is Cl.NCCSSCCCCSSCCN. The minimum atomic E-state index is 0. The van der Waals surface area contributed by atoms with Crippen LogP contribution in [0.25, 0.3) is 0 Å². The molecule has 0 aromatic rings. The number of rotatable bonds is 11. The summed E-state index contributed by atoms with van der Waals surface area (Å²) in [5.74, 6) is 4.66. The van der Waals surface area contributed by atoms with Crippen LogP contribution in [0.2, 0.25) is 0 Å². The average Bonchev–Trinajstić information content (AvgIpc) is 2.21. The van der Waals surface area contributed by atoms with Gasteiger partial charge in [0, 0.05) is 36.1 Å². The third-order valence-electron chi connectivity index (χ3n) is 1.27. The molecule has 0 unspecified atom stereocenters. The molecule has 0 bridgehead atoms. The zero-order chi connectivity index (χ0) is 10.5. The standard InChI is InChI=1S/C8H20N2S4.ClH/c9-3-7-13-11-5-1-2-6-12-14-8-4-10;/h1-10H2;1H. The molecule has 0 aromatic carbocycles. The Bertz CT molecular complexity index is 98.6. The number of unbranched alkanes of at least 4 members (excludes halogenated alkanes) is 1. The van der Waals surface area contributed by atoms with Gasteiger partial charge in [0.15, 0.2) is 0 Å². The van der Waals surface area contributed by atoms with Crippen LogP contribution in [-0.4, -0.2) is 36.1 Å². The van der Waals surface area contributed by atoms with Crippen molar-refractivity contribution in [2.75, 3.05) is 36.1 Å². The van der Waals surface area contributed by atoms with Gasteiger partial charge in [-0.05, 0) is 12.8 Å². The zero-order valence-electron chi connectivity index (χ0n) is 8.85. The molecule has 0 radical (unpaired) electrons. The Morgan fingerprint density at radius 1 is 0.600 bits per heavy atom. The monoisotopic (exact) mass is 308 g/mol. The summed E-state index contributed by atoms with van der Waals surface area (Å²) < 4.78 is 0. The molecule has 0 atom stereocenters. The molecule has 0 fully saturated rings. The van der Waals surface area contributed by atoms with E-state index in [2.05, 4.69) is 0 Å². The van der Waals surface area contributed by atoms with Gasteiger partial charge in [0.1, 0.15) is 0 Å². The number of hydrogen-bond acceptors (Lipinski definition) is 6. The Kier molecular flexibility index (Phi) is 22.7. The lowest BCUT2D eigenvalue weighted by Crippen LogP contribution is -2.00. The molecular formula is C8H21ClN2S4. The molecule has 0 aliphatic heterocycles. The molecule has 2 nitrogen and oxygen atoms in total. The first-order valence-corrected chi connectivity index (χ1v) is 9.78. The molecule has 0 aliphatic carbocycles. The predicted molar refractivity (Wildman–Crippen MR) is 84.4 cm³/mol. The van der Waals surface area contributed by atoms with Crippen molar-refractivity contribution < 1.29 is 0 Å². The summed E-state index contributed by atoms with van der Waals surface area (Å²) in [5, 5.41) is 0. The fourth-order valence-corrected chi connectivity index (χ4v) is 4.66. The van der Waals surface area contributed by atoms with Gasteiger partial charge in [0.2, 0.25) is 0 Å². The smallest absolute Gasteiger partial charge is 0.0160 e. The van der Waals surface area contributed by atoms with E-state index in [1.165, 1.54) is 24.3 Å².